The molecule has 0 bridgehead atoms. The molecule has 4 heteroatoms. The lowest BCUT2D eigenvalue weighted by molar-refractivity contribution is -0.129. The minimum absolute atomic E-state index is 0.519. The second-order valence-corrected chi connectivity index (χ2v) is 2.51. The summed E-state index contributed by atoms with van der Waals surface area (Å²) in [4.78, 5) is 10.6. The van der Waals surface area contributed by atoms with Crippen LogP contribution in [0.1, 0.15) is 0 Å². The van der Waals surface area contributed by atoms with Crippen molar-refractivity contribution in [3.05, 3.63) is 0 Å². The number of aliphatic carboxylic acids is 1. The van der Waals surface area contributed by atoms with Crippen LogP contribution in [0.2, 0.25) is 0 Å². The Labute approximate surface area is 50.7 Å². The van der Waals surface area contributed by atoms with Crippen molar-refractivity contribution in [2.45, 2.75) is 0 Å². The van der Waals surface area contributed by atoms with Gasteiger partial charge in [-0.05, 0) is 0 Å². The molecule has 0 aromatic carbocycles. The molecule has 0 unspecified atom stereocenters. The number of rotatable bonds is 1. The van der Waals surface area contributed by atoms with Gasteiger partial charge in [0.1, 0.15) is 0 Å². The Balaban J connectivity index is 2.57. The third-order valence-electron chi connectivity index (χ3n) is 0.873. The zero-order chi connectivity index (χ0) is 5.98. The summed E-state index contributed by atoms with van der Waals surface area (Å²) in [5, 5.41) is 11.2. The fourth-order valence-electron chi connectivity index (χ4n) is 0.491. The third-order valence-corrected chi connectivity index (χ3v) is 1.89. The van der Waals surface area contributed by atoms with Crippen LogP contribution in [-0.2, 0) is 16.1 Å². The lowest BCUT2D eigenvalue weighted by Gasteiger charge is -1.78. The third kappa shape index (κ3) is 1.02. The van der Waals surface area contributed by atoms with Crippen molar-refractivity contribution in [1.29, 1.82) is 0 Å². The van der Waals surface area contributed by atoms with E-state index in [1.165, 1.54) is 11.4 Å². The summed E-state index contributed by atoms with van der Waals surface area (Å²) in [5.74, 6) is -0.0539. The van der Waals surface area contributed by atoms with E-state index >= 15 is 0 Å². The minimum Gasteiger partial charge on any atom is -0.474 e. The largest absolute Gasteiger partial charge is 0.474 e. The van der Waals surface area contributed by atoms with Gasteiger partial charge in [-0.2, -0.15) is 0 Å². The maximum Gasteiger partial charge on any atom is 0.391 e. The van der Waals surface area contributed by atoms with E-state index in [1.807, 2.05) is 0 Å². The van der Waals surface area contributed by atoms with Crippen molar-refractivity contribution in [2.24, 2.45) is 0 Å². The number of nitrogens with one attached hydrogen (secondary N) is 1. The lowest BCUT2D eigenvalue weighted by Crippen LogP contribution is -2.20. The second-order valence-electron chi connectivity index (χ2n) is 1.44. The molecule has 0 amide bonds. The smallest absolute Gasteiger partial charge is 0.391 e. The average molecular weight is 132 g/mol. The molecule has 0 saturated heterocycles. The summed E-state index contributed by atoms with van der Waals surface area (Å²) in [6.45, 7) is 0.528. The summed E-state index contributed by atoms with van der Waals surface area (Å²) >= 11 is 1.36. The quantitative estimate of drug-likeness (QED) is 0.351. The average Bonchev–Trinajstić information content (AvgIpc) is 2.12. The van der Waals surface area contributed by atoms with Crippen molar-refractivity contribution >= 4 is 22.2 Å². The molecule has 0 radical (unpaired) electrons. The van der Waals surface area contributed by atoms with E-state index in [1.54, 1.807) is 0 Å². The summed E-state index contributed by atoms with van der Waals surface area (Å²) in [6, 6.07) is 0. The van der Waals surface area contributed by atoms with Crippen LogP contribution in [0.25, 0.3) is 0 Å². The first-order valence-electron chi connectivity index (χ1n) is 2.23. The molecule has 0 aromatic rings. The van der Waals surface area contributed by atoms with Crippen LogP contribution in [0, 0.1) is 0 Å². The number of carboxylic acid groups (broad SMARTS) is 1. The first-order chi connectivity index (χ1) is 3.80. The van der Waals surface area contributed by atoms with Gasteiger partial charge in [-0.1, -0.05) is 0 Å². The monoisotopic (exact) mass is 132 g/mol. The summed E-state index contributed by atoms with van der Waals surface area (Å²) in [5.41, 5.74) is 0. The van der Waals surface area contributed by atoms with Crippen molar-refractivity contribution in [2.75, 3.05) is 12.4 Å². The van der Waals surface area contributed by atoms with Crippen molar-refractivity contribution in [3.63, 3.8) is 0 Å². The molecule has 0 spiro atoms. The second kappa shape index (κ2) is 2.19. The maximum atomic E-state index is 10.1. The molecule has 0 atom stereocenters. The van der Waals surface area contributed by atoms with Gasteiger partial charge in [0.25, 0.3) is 0 Å². The Morgan fingerprint density at radius 1 is 1.88 bits per heavy atom. The Morgan fingerprint density at radius 2 is 2.62 bits per heavy atom. The van der Waals surface area contributed by atoms with E-state index in [9.17, 15) is 4.79 Å². The van der Waals surface area contributed by atoms with E-state index in [2.05, 4.69) is 5.32 Å². The number of hydrogen-bond donors (Lipinski definition) is 2. The topological polar surface area (TPSA) is 49.3 Å². The van der Waals surface area contributed by atoms with Crippen LogP contribution in [0.3, 0.4) is 0 Å². The van der Waals surface area contributed by atoms with E-state index in [0.29, 0.717) is 11.4 Å². The Hall–Kier alpha value is -0.480. The molecule has 1 rings (SSSR count). The van der Waals surface area contributed by atoms with Crippen LogP contribution in [0.5, 0.6) is 0 Å². The molecule has 8 heavy (non-hydrogen) atoms. The molecular formula is C4H6NO2S+. The Bertz CT molecular complexity index is 143. The van der Waals surface area contributed by atoms with Gasteiger partial charge < -0.3 is 5.11 Å². The number of hydrogen-bond acceptors (Lipinski definition) is 2. The molecule has 1 aliphatic rings. The highest BCUT2D eigenvalue weighted by atomic mass is 32.1. The van der Waals surface area contributed by atoms with Gasteiger partial charge in [0.05, 0.1) is 6.54 Å². The molecule has 0 saturated carbocycles. The molecule has 0 aromatic heterocycles. The molecule has 2 N–H and O–H groups in total. The number of carboxylic acids is 1. The minimum atomic E-state index is -0.792. The van der Waals surface area contributed by atoms with Gasteiger partial charge in [-0.15, -0.1) is 0 Å². The van der Waals surface area contributed by atoms with Crippen LogP contribution >= 0.6 is 0 Å². The molecule has 0 aliphatic carbocycles. The van der Waals surface area contributed by atoms with Crippen molar-refractivity contribution < 1.29 is 9.90 Å². The Kier molecular flexibility index (Phi) is 1.55. The SMILES string of the molecule is O=C(O)C1=[S+]CNC1. The fourth-order valence-corrected chi connectivity index (χ4v) is 1.20. The standard InChI is InChI=1S/C4H5NO2S/c6-4(7)3-1-5-2-8-3/h5H,1-2H2/p+1. The molecule has 0 fully saturated rings. The fraction of sp³-hybridized carbons (Fsp3) is 0.500. The van der Waals surface area contributed by atoms with Gasteiger partial charge in [0.15, 0.2) is 0 Å². The highest BCUT2D eigenvalue weighted by Gasteiger charge is 2.24. The van der Waals surface area contributed by atoms with Gasteiger partial charge >= 0.3 is 10.8 Å². The van der Waals surface area contributed by atoms with Crippen LogP contribution < -0.4 is 5.32 Å². The maximum absolute atomic E-state index is 10.1. The molecule has 1 aliphatic heterocycles. The first-order valence-corrected chi connectivity index (χ1v) is 3.22. The van der Waals surface area contributed by atoms with Gasteiger partial charge in [-0.25, -0.2) is 4.79 Å². The summed E-state index contributed by atoms with van der Waals surface area (Å²) in [6.07, 6.45) is 0. The highest BCUT2D eigenvalue weighted by molar-refractivity contribution is 7.80. The Morgan fingerprint density at radius 3 is 2.88 bits per heavy atom. The normalized spacial score (nSPS) is 18.2. The van der Waals surface area contributed by atoms with E-state index < -0.39 is 5.97 Å². The van der Waals surface area contributed by atoms with E-state index in [4.69, 9.17) is 5.11 Å². The molecule has 3 nitrogen and oxygen atoms in total. The van der Waals surface area contributed by atoms with E-state index in [-0.39, 0.29) is 0 Å². The van der Waals surface area contributed by atoms with Crippen molar-refractivity contribution in [1.82, 2.24) is 5.32 Å². The summed E-state index contributed by atoms with van der Waals surface area (Å²) < 4.78 is 0. The zero-order valence-corrected chi connectivity index (χ0v) is 4.99. The molecule has 44 valence electrons. The zero-order valence-electron chi connectivity index (χ0n) is 4.18. The van der Waals surface area contributed by atoms with Crippen LogP contribution in [0.15, 0.2) is 0 Å². The number of carbonyl (C=O) groups is 1. The molecule has 1 heterocycles. The first kappa shape index (κ1) is 5.65. The molecular weight excluding hydrogens is 126 g/mol. The predicted octanol–water partition coefficient (Wildman–Crippen LogP) is -1.11. The highest BCUT2D eigenvalue weighted by Crippen LogP contribution is 1.80. The lowest BCUT2D eigenvalue weighted by atomic mass is 10.4. The van der Waals surface area contributed by atoms with E-state index in [0.717, 1.165) is 5.88 Å². The predicted molar refractivity (Wildman–Crippen MR) is 32.9 cm³/mol. The van der Waals surface area contributed by atoms with Crippen LogP contribution in [0.4, 0.5) is 0 Å². The summed E-state index contributed by atoms with van der Waals surface area (Å²) in [7, 11) is 0. The van der Waals surface area contributed by atoms with Crippen molar-refractivity contribution in [3.8, 4) is 0 Å². The van der Waals surface area contributed by atoms with Gasteiger partial charge in [0.2, 0.25) is 17.2 Å². The van der Waals surface area contributed by atoms with Gasteiger partial charge in [-0.3, -0.25) is 5.32 Å². The van der Waals surface area contributed by atoms with Crippen LogP contribution in [-0.4, -0.2) is 28.4 Å². The van der Waals surface area contributed by atoms with Gasteiger partial charge in [0, 0.05) is 0 Å².